The predicted octanol–water partition coefficient (Wildman–Crippen LogP) is 3.55. The zero-order chi connectivity index (χ0) is 15.0. The van der Waals surface area contributed by atoms with Gasteiger partial charge >= 0.3 is 5.97 Å². The third-order valence-corrected chi connectivity index (χ3v) is 5.68. The van der Waals surface area contributed by atoms with Gasteiger partial charge in [0, 0.05) is 6.54 Å². The van der Waals surface area contributed by atoms with Crippen LogP contribution >= 0.6 is 11.3 Å². The number of carboxylic acids is 1. The van der Waals surface area contributed by atoms with E-state index in [4.69, 9.17) is 0 Å². The van der Waals surface area contributed by atoms with Crippen LogP contribution in [-0.4, -0.2) is 27.6 Å². The average molecular weight is 305 g/mol. The van der Waals surface area contributed by atoms with Crippen molar-refractivity contribution >= 4 is 33.3 Å². The number of nitrogens with zero attached hydrogens (tertiary/aromatic N) is 2. The zero-order valence-electron chi connectivity index (χ0n) is 12.2. The minimum Gasteiger partial charge on any atom is -0.477 e. The Morgan fingerprint density at radius 3 is 2.95 bits per heavy atom. The number of fused-ring (bicyclic) bond motifs is 1. The van der Waals surface area contributed by atoms with Crippen LogP contribution < -0.4 is 5.32 Å². The van der Waals surface area contributed by atoms with E-state index in [-0.39, 0.29) is 0 Å². The van der Waals surface area contributed by atoms with Gasteiger partial charge in [0.25, 0.3) is 0 Å². The highest BCUT2D eigenvalue weighted by molar-refractivity contribution is 7.20. The number of hydrogen-bond donors (Lipinski definition) is 2. The van der Waals surface area contributed by atoms with Crippen LogP contribution in [0.15, 0.2) is 6.33 Å². The van der Waals surface area contributed by atoms with E-state index in [0.29, 0.717) is 10.8 Å². The minimum absolute atomic E-state index is 0.350. The van der Waals surface area contributed by atoms with Crippen LogP contribution in [0, 0.1) is 18.8 Å². The minimum atomic E-state index is -0.897. The molecule has 1 fully saturated rings. The van der Waals surface area contributed by atoms with E-state index in [1.165, 1.54) is 36.9 Å². The molecule has 0 aliphatic heterocycles. The first-order valence-electron chi connectivity index (χ1n) is 7.29. The molecular weight excluding hydrogens is 286 g/mol. The largest absolute Gasteiger partial charge is 0.477 e. The van der Waals surface area contributed by atoms with Gasteiger partial charge in [-0.25, -0.2) is 14.8 Å². The fourth-order valence-corrected chi connectivity index (χ4v) is 4.15. The second-order valence-corrected chi connectivity index (χ2v) is 6.81. The lowest BCUT2D eigenvalue weighted by molar-refractivity contribution is 0.0701. The molecule has 2 aromatic rings. The molecule has 112 valence electrons. The number of aryl methyl sites for hydroxylation is 1. The first kappa shape index (κ1) is 14.3. The van der Waals surface area contributed by atoms with E-state index in [1.54, 1.807) is 0 Å². The quantitative estimate of drug-likeness (QED) is 0.903. The molecule has 2 heterocycles. The van der Waals surface area contributed by atoms with Crippen molar-refractivity contribution < 1.29 is 9.90 Å². The third-order valence-electron chi connectivity index (χ3n) is 4.49. The van der Waals surface area contributed by atoms with Gasteiger partial charge in [-0.15, -0.1) is 11.3 Å². The van der Waals surface area contributed by atoms with Gasteiger partial charge in [0.15, 0.2) is 0 Å². The molecule has 5 nitrogen and oxygen atoms in total. The molecule has 0 aromatic carbocycles. The van der Waals surface area contributed by atoms with Gasteiger partial charge in [0.1, 0.15) is 21.9 Å². The molecule has 1 aliphatic rings. The van der Waals surface area contributed by atoms with E-state index >= 15 is 0 Å². The van der Waals surface area contributed by atoms with Gasteiger partial charge < -0.3 is 10.4 Å². The SMILES string of the molecule is Cc1c(C(=O)O)sc2ncnc(NCC3CCCC3C)c12. The second kappa shape index (κ2) is 5.60. The van der Waals surface area contributed by atoms with Crippen LogP contribution in [0.25, 0.3) is 10.2 Å². The van der Waals surface area contributed by atoms with Gasteiger partial charge in [0.05, 0.1) is 5.39 Å². The summed E-state index contributed by atoms with van der Waals surface area (Å²) in [4.78, 5) is 20.9. The molecule has 0 spiro atoms. The fourth-order valence-electron chi connectivity index (χ4n) is 3.16. The number of aromatic carboxylic acids is 1. The number of carboxylic acid groups (broad SMARTS) is 1. The van der Waals surface area contributed by atoms with Crippen LogP contribution in [0.1, 0.15) is 41.4 Å². The Balaban J connectivity index is 1.89. The smallest absolute Gasteiger partial charge is 0.346 e. The summed E-state index contributed by atoms with van der Waals surface area (Å²) >= 11 is 1.21. The van der Waals surface area contributed by atoms with Crippen molar-refractivity contribution in [2.75, 3.05) is 11.9 Å². The van der Waals surface area contributed by atoms with E-state index in [2.05, 4.69) is 22.2 Å². The van der Waals surface area contributed by atoms with Crippen molar-refractivity contribution in [3.63, 3.8) is 0 Å². The summed E-state index contributed by atoms with van der Waals surface area (Å²) in [5.41, 5.74) is 0.755. The number of rotatable bonds is 4. The van der Waals surface area contributed by atoms with Gasteiger partial charge in [-0.05, 0) is 30.7 Å². The topological polar surface area (TPSA) is 75.1 Å². The molecule has 2 unspecified atom stereocenters. The number of thiophene rings is 1. The summed E-state index contributed by atoms with van der Waals surface area (Å²) in [5, 5.41) is 13.5. The summed E-state index contributed by atoms with van der Waals surface area (Å²) in [6, 6.07) is 0. The van der Waals surface area contributed by atoms with Crippen molar-refractivity contribution in [3.8, 4) is 0 Å². The lowest BCUT2D eigenvalue weighted by Gasteiger charge is -2.16. The number of anilines is 1. The summed E-state index contributed by atoms with van der Waals surface area (Å²) in [5.74, 6) is 1.28. The number of hydrogen-bond acceptors (Lipinski definition) is 5. The Kier molecular flexibility index (Phi) is 3.80. The molecular formula is C15H19N3O2S. The lowest BCUT2D eigenvalue weighted by Crippen LogP contribution is -2.17. The van der Waals surface area contributed by atoms with E-state index in [1.807, 2.05) is 6.92 Å². The standard InChI is InChI=1S/C15H19N3O2S/c1-8-4-3-5-10(8)6-16-13-11-9(2)12(15(19)20)21-14(11)18-7-17-13/h7-8,10H,3-6H2,1-2H3,(H,19,20)(H,16,17,18). The maximum absolute atomic E-state index is 11.3. The number of aromatic nitrogens is 2. The molecule has 2 atom stereocenters. The maximum atomic E-state index is 11.3. The monoisotopic (exact) mass is 305 g/mol. The van der Waals surface area contributed by atoms with Crippen LogP contribution in [0.2, 0.25) is 0 Å². The van der Waals surface area contributed by atoms with Crippen molar-refractivity contribution in [1.82, 2.24) is 9.97 Å². The highest BCUT2D eigenvalue weighted by atomic mass is 32.1. The first-order valence-corrected chi connectivity index (χ1v) is 8.11. The lowest BCUT2D eigenvalue weighted by atomic mass is 9.98. The molecule has 2 N–H and O–H groups in total. The molecule has 2 aromatic heterocycles. The summed E-state index contributed by atoms with van der Waals surface area (Å²) in [7, 11) is 0. The number of nitrogens with one attached hydrogen (secondary N) is 1. The van der Waals surface area contributed by atoms with Gasteiger partial charge in [-0.2, -0.15) is 0 Å². The Morgan fingerprint density at radius 2 is 2.29 bits per heavy atom. The average Bonchev–Trinajstić information content (AvgIpc) is 3.01. The van der Waals surface area contributed by atoms with Crippen molar-refractivity contribution in [1.29, 1.82) is 0 Å². The Labute approximate surface area is 127 Å². The number of carbonyl (C=O) groups is 1. The molecule has 0 bridgehead atoms. The first-order chi connectivity index (χ1) is 10.1. The molecule has 21 heavy (non-hydrogen) atoms. The van der Waals surface area contributed by atoms with Gasteiger partial charge in [-0.3, -0.25) is 0 Å². The second-order valence-electron chi connectivity index (χ2n) is 5.81. The molecule has 1 saturated carbocycles. The molecule has 6 heteroatoms. The zero-order valence-corrected chi connectivity index (χ0v) is 13.0. The van der Waals surface area contributed by atoms with Crippen molar-refractivity contribution in [3.05, 3.63) is 16.8 Å². The maximum Gasteiger partial charge on any atom is 0.346 e. The van der Waals surface area contributed by atoms with Gasteiger partial charge in [0.2, 0.25) is 0 Å². The summed E-state index contributed by atoms with van der Waals surface area (Å²) < 4.78 is 0. The summed E-state index contributed by atoms with van der Waals surface area (Å²) in [6.45, 7) is 5.02. The Morgan fingerprint density at radius 1 is 1.48 bits per heavy atom. The highest BCUT2D eigenvalue weighted by Crippen LogP contribution is 2.35. The van der Waals surface area contributed by atoms with Crippen molar-refractivity contribution in [2.45, 2.75) is 33.1 Å². The molecule has 3 rings (SSSR count). The van der Waals surface area contributed by atoms with Crippen LogP contribution in [-0.2, 0) is 0 Å². The molecule has 0 radical (unpaired) electrons. The Hall–Kier alpha value is -1.69. The summed E-state index contributed by atoms with van der Waals surface area (Å²) in [6.07, 6.45) is 5.36. The highest BCUT2D eigenvalue weighted by Gasteiger charge is 2.24. The van der Waals surface area contributed by atoms with E-state index in [9.17, 15) is 9.90 Å². The molecule has 0 amide bonds. The van der Waals surface area contributed by atoms with Crippen LogP contribution in [0.3, 0.4) is 0 Å². The third kappa shape index (κ3) is 2.60. The van der Waals surface area contributed by atoms with Crippen LogP contribution in [0.4, 0.5) is 5.82 Å². The van der Waals surface area contributed by atoms with Crippen LogP contribution in [0.5, 0.6) is 0 Å². The fraction of sp³-hybridized carbons (Fsp3) is 0.533. The predicted molar refractivity (Wildman–Crippen MR) is 84.1 cm³/mol. The van der Waals surface area contributed by atoms with Gasteiger partial charge in [-0.1, -0.05) is 19.8 Å². The normalized spacial score (nSPS) is 21.8. The van der Waals surface area contributed by atoms with Crippen molar-refractivity contribution in [2.24, 2.45) is 11.8 Å². The van der Waals surface area contributed by atoms with E-state index in [0.717, 1.165) is 34.1 Å². The molecule has 0 saturated heterocycles. The molecule has 1 aliphatic carbocycles. The van der Waals surface area contributed by atoms with E-state index < -0.39 is 5.97 Å². The Bertz CT molecular complexity index is 683.